The van der Waals surface area contributed by atoms with Crippen molar-refractivity contribution in [3.63, 3.8) is 0 Å². The van der Waals surface area contributed by atoms with Gasteiger partial charge >= 0.3 is 11.9 Å². The molecule has 1 aromatic carbocycles. The number of unbranched alkanes of at least 4 members (excludes halogenated alkanes) is 7. The van der Waals surface area contributed by atoms with Gasteiger partial charge in [-0.3, -0.25) is 14.1 Å². The quantitative estimate of drug-likeness (QED) is 0.204. The third kappa shape index (κ3) is 9.32. The van der Waals surface area contributed by atoms with Gasteiger partial charge in [0.25, 0.3) is 10.1 Å². The van der Waals surface area contributed by atoms with Crippen LogP contribution in [0.3, 0.4) is 0 Å². The fourth-order valence-electron chi connectivity index (χ4n) is 2.90. The number of aliphatic carboxylic acids is 1. The maximum absolute atomic E-state index is 12.1. The predicted molar refractivity (Wildman–Crippen MR) is 106 cm³/mol. The zero-order chi connectivity index (χ0) is 21.0. The Morgan fingerprint density at radius 1 is 1.00 bits per heavy atom. The Labute approximate surface area is 166 Å². The standard InChI is InChI=1S/C20H30O7S/c1-2-3-4-5-6-7-8-9-12-16-13-10-11-14-17(16)27-20(23)18(15-19(21)22)28(24,25)26/h10-11,13-14,18H,2-9,12,15H2,1H3,(H,21,22)(H,24,25,26). The molecule has 1 rings (SSSR count). The SMILES string of the molecule is CCCCCCCCCCc1ccccc1OC(=O)C(CC(=O)O)S(=O)(=O)O. The molecule has 0 heterocycles. The third-order valence-electron chi connectivity index (χ3n) is 4.47. The number of aryl methyl sites for hydroxylation is 1. The second-order valence-corrected chi connectivity index (χ2v) is 8.45. The summed E-state index contributed by atoms with van der Waals surface area (Å²) in [5.74, 6) is -2.63. The van der Waals surface area contributed by atoms with E-state index in [9.17, 15) is 18.0 Å². The van der Waals surface area contributed by atoms with Crippen molar-refractivity contribution < 1.29 is 32.4 Å². The van der Waals surface area contributed by atoms with E-state index >= 15 is 0 Å². The first kappa shape index (κ1) is 24.1. The molecule has 158 valence electrons. The molecule has 1 atom stereocenters. The van der Waals surface area contributed by atoms with E-state index in [0.717, 1.165) is 24.8 Å². The summed E-state index contributed by atoms with van der Waals surface area (Å²) < 4.78 is 36.9. The molecule has 0 radical (unpaired) electrons. The molecule has 2 N–H and O–H groups in total. The molecule has 0 aliphatic heterocycles. The highest BCUT2D eigenvalue weighted by Gasteiger charge is 2.35. The minimum atomic E-state index is -4.88. The summed E-state index contributed by atoms with van der Waals surface area (Å²) in [7, 11) is -4.88. The Bertz CT molecular complexity index is 728. The lowest BCUT2D eigenvalue weighted by atomic mass is 10.0. The third-order valence-corrected chi connectivity index (χ3v) is 5.54. The highest BCUT2D eigenvalue weighted by molar-refractivity contribution is 7.87. The number of carbonyl (C=O) groups is 2. The normalized spacial score (nSPS) is 12.5. The van der Waals surface area contributed by atoms with Crippen LogP contribution >= 0.6 is 0 Å². The number of rotatable bonds is 14. The lowest BCUT2D eigenvalue weighted by molar-refractivity contribution is -0.142. The number of para-hydroxylation sites is 1. The van der Waals surface area contributed by atoms with Gasteiger partial charge in [0, 0.05) is 0 Å². The van der Waals surface area contributed by atoms with Gasteiger partial charge in [0.15, 0.2) is 5.25 Å². The van der Waals surface area contributed by atoms with E-state index in [1.807, 2.05) is 0 Å². The van der Waals surface area contributed by atoms with Crippen molar-refractivity contribution in [2.45, 2.75) is 76.4 Å². The molecule has 0 saturated heterocycles. The summed E-state index contributed by atoms with van der Waals surface area (Å²) in [5.41, 5.74) is 0.742. The monoisotopic (exact) mass is 414 g/mol. The van der Waals surface area contributed by atoms with Crippen LogP contribution in [-0.4, -0.2) is 35.3 Å². The van der Waals surface area contributed by atoms with Crippen LogP contribution < -0.4 is 4.74 Å². The summed E-state index contributed by atoms with van der Waals surface area (Å²) >= 11 is 0. The van der Waals surface area contributed by atoms with Crippen LogP contribution in [0.25, 0.3) is 0 Å². The molecule has 0 saturated carbocycles. The number of hydrogen-bond donors (Lipinski definition) is 2. The van der Waals surface area contributed by atoms with E-state index in [1.54, 1.807) is 18.2 Å². The van der Waals surface area contributed by atoms with Gasteiger partial charge in [0.2, 0.25) is 0 Å². The topological polar surface area (TPSA) is 118 Å². The van der Waals surface area contributed by atoms with Gasteiger partial charge in [-0.25, -0.2) is 0 Å². The lowest BCUT2D eigenvalue weighted by Crippen LogP contribution is -2.35. The van der Waals surface area contributed by atoms with Crippen molar-refractivity contribution in [2.75, 3.05) is 0 Å². The average molecular weight is 415 g/mol. The molecule has 1 unspecified atom stereocenters. The first-order chi connectivity index (χ1) is 13.3. The van der Waals surface area contributed by atoms with Crippen molar-refractivity contribution in [1.29, 1.82) is 0 Å². The van der Waals surface area contributed by atoms with Gasteiger partial charge in [0.05, 0.1) is 6.42 Å². The molecule has 0 spiro atoms. The number of ether oxygens (including phenoxy) is 1. The zero-order valence-electron chi connectivity index (χ0n) is 16.3. The number of hydrogen-bond acceptors (Lipinski definition) is 5. The molecule has 7 nitrogen and oxygen atoms in total. The summed E-state index contributed by atoms with van der Waals surface area (Å²) in [6.45, 7) is 2.18. The van der Waals surface area contributed by atoms with Gasteiger partial charge in [0.1, 0.15) is 5.75 Å². The van der Waals surface area contributed by atoms with Crippen molar-refractivity contribution in [2.24, 2.45) is 0 Å². The zero-order valence-corrected chi connectivity index (χ0v) is 17.1. The van der Waals surface area contributed by atoms with Gasteiger partial charge in [-0.15, -0.1) is 0 Å². The average Bonchev–Trinajstić information content (AvgIpc) is 2.62. The molecule has 28 heavy (non-hydrogen) atoms. The smallest absolute Gasteiger partial charge is 0.332 e. The van der Waals surface area contributed by atoms with E-state index in [1.165, 1.54) is 38.2 Å². The van der Waals surface area contributed by atoms with Crippen LogP contribution in [0.5, 0.6) is 5.75 Å². The van der Waals surface area contributed by atoms with E-state index < -0.39 is 33.7 Å². The number of carboxylic acids is 1. The lowest BCUT2D eigenvalue weighted by Gasteiger charge is -2.14. The Balaban J connectivity index is 2.60. The largest absolute Gasteiger partial charge is 0.481 e. The molecule has 0 aliphatic rings. The molecular weight excluding hydrogens is 384 g/mol. The van der Waals surface area contributed by atoms with Crippen LogP contribution in [-0.2, 0) is 26.1 Å². The summed E-state index contributed by atoms with van der Waals surface area (Å²) in [4.78, 5) is 22.9. The number of carbonyl (C=O) groups excluding carboxylic acids is 1. The van der Waals surface area contributed by atoms with Crippen LogP contribution in [0.4, 0.5) is 0 Å². The van der Waals surface area contributed by atoms with Gasteiger partial charge in [-0.2, -0.15) is 8.42 Å². The highest BCUT2D eigenvalue weighted by Crippen LogP contribution is 2.22. The van der Waals surface area contributed by atoms with Crippen LogP contribution in [0.15, 0.2) is 24.3 Å². The van der Waals surface area contributed by atoms with Crippen LogP contribution in [0.2, 0.25) is 0 Å². The fraction of sp³-hybridized carbons (Fsp3) is 0.600. The Morgan fingerprint density at radius 2 is 1.57 bits per heavy atom. The Morgan fingerprint density at radius 3 is 2.14 bits per heavy atom. The fourth-order valence-corrected chi connectivity index (χ4v) is 3.55. The molecule has 0 amide bonds. The second kappa shape index (κ2) is 12.5. The van der Waals surface area contributed by atoms with Gasteiger partial charge in [-0.1, -0.05) is 70.1 Å². The molecule has 1 aromatic rings. The van der Waals surface area contributed by atoms with Crippen molar-refractivity contribution in [3.05, 3.63) is 29.8 Å². The van der Waals surface area contributed by atoms with E-state index in [2.05, 4.69) is 6.92 Å². The minimum Gasteiger partial charge on any atom is -0.481 e. The van der Waals surface area contributed by atoms with E-state index in [-0.39, 0.29) is 5.75 Å². The first-order valence-corrected chi connectivity index (χ1v) is 11.2. The highest BCUT2D eigenvalue weighted by atomic mass is 32.2. The first-order valence-electron chi connectivity index (χ1n) is 9.73. The molecule has 0 fully saturated rings. The van der Waals surface area contributed by atoms with Gasteiger partial charge in [-0.05, 0) is 24.5 Å². The Kier molecular flexibility index (Phi) is 10.8. The van der Waals surface area contributed by atoms with Crippen LogP contribution in [0.1, 0.15) is 70.3 Å². The predicted octanol–water partition coefficient (Wildman–Crippen LogP) is 4.01. The molecule has 0 aliphatic carbocycles. The second-order valence-electron chi connectivity index (χ2n) is 6.86. The summed E-state index contributed by atoms with van der Waals surface area (Å²) in [6, 6.07) is 6.73. The minimum absolute atomic E-state index is 0.189. The summed E-state index contributed by atoms with van der Waals surface area (Å²) in [6.07, 6.45) is 8.87. The van der Waals surface area contributed by atoms with Crippen molar-refractivity contribution in [1.82, 2.24) is 0 Å². The van der Waals surface area contributed by atoms with Crippen molar-refractivity contribution in [3.8, 4) is 5.75 Å². The maximum atomic E-state index is 12.1. The van der Waals surface area contributed by atoms with Crippen molar-refractivity contribution >= 4 is 22.1 Å². The summed E-state index contributed by atoms with van der Waals surface area (Å²) in [5, 5.41) is 6.62. The van der Waals surface area contributed by atoms with Crippen LogP contribution in [0, 0.1) is 0 Å². The van der Waals surface area contributed by atoms with E-state index in [0.29, 0.717) is 6.42 Å². The molecular formula is C20H30O7S. The number of carboxylic acid groups (broad SMARTS) is 1. The molecule has 0 aromatic heterocycles. The number of benzene rings is 1. The van der Waals surface area contributed by atoms with Gasteiger partial charge < -0.3 is 9.84 Å². The van der Waals surface area contributed by atoms with E-state index in [4.69, 9.17) is 14.4 Å². The molecule has 0 bridgehead atoms. The number of esters is 1. The Hall–Kier alpha value is -1.93. The molecule has 8 heteroatoms. The maximum Gasteiger partial charge on any atom is 0.332 e.